The fraction of sp³-hybridized carbons (Fsp3) is 0.0625. The first-order valence-corrected chi connectivity index (χ1v) is 12.6. The van der Waals surface area contributed by atoms with Crippen molar-refractivity contribution in [3.63, 3.8) is 0 Å². The van der Waals surface area contributed by atoms with Crippen molar-refractivity contribution < 1.29 is 4.74 Å². The number of fused-ring (bicyclic) bond motifs is 3. The zero-order valence-electron chi connectivity index (χ0n) is 20.9. The van der Waals surface area contributed by atoms with Crippen molar-refractivity contribution in [3.8, 4) is 17.3 Å². The maximum atomic E-state index is 6.37. The Kier molecular flexibility index (Phi) is 5.29. The third kappa shape index (κ3) is 3.92. The van der Waals surface area contributed by atoms with E-state index in [1.165, 1.54) is 10.9 Å². The Morgan fingerprint density at radius 3 is 2.37 bits per heavy atom. The Labute approximate surface area is 220 Å². The van der Waals surface area contributed by atoms with Gasteiger partial charge in [-0.2, -0.15) is 5.10 Å². The number of para-hydroxylation sites is 1. The number of hydrogen-bond acceptors (Lipinski definition) is 5. The summed E-state index contributed by atoms with van der Waals surface area (Å²) in [6, 6.07) is 37.1. The highest BCUT2D eigenvalue weighted by Gasteiger charge is 2.18. The van der Waals surface area contributed by atoms with Crippen molar-refractivity contribution in [1.82, 2.24) is 9.55 Å². The molecule has 6 aromatic rings. The van der Waals surface area contributed by atoms with E-state index in [-0.39, 0.29) is 0 Å². The average molecular weight is 496 g/mol. The number of hydrazone groups is 1. The first-order valence-electron chi connectivity index (χ1n) is 12.6. The van der Waals surface area contributed by atoms with Crippen LogP contribution in [0.15, 0.2) is 120 Å². The highest BCUT2D eigenvalue weighted by Crippen LogP contribution is 2.35. The maximum Gasteiger partial charge on any atom is 0.137 e. The van der Waals surface area contributed by atoms with E-state index in [1.807, 2.05) is 66.1 Å². The van der Waals surface area contributed by atoms with Crippen LogP contribution in [0.2, 0.25) is 0 Å². The first kappa shape index (κ1) is 22.1. The van der Waals surface area contributed by atoms with E-state index in [1.54, 1.807) is 0 Å². The molecule has 2 aromatic heterocycles. The molecule has 0 saturated heterocycles. The minimum absolute atomic E-state index is 0.642. The van der Waals surface area contributed by atoms with E-state index in [4.69, 9.17) is 4.74 Å². The third-order valence-corrected chi connectivity index (χ3v) is 6.86. The molecule has 4 aromatic carbocycles. The van der Waals surface area contributed by atoms with Crippen molar-refractivity contribution in [3.05, 3.63) is 121 Å². The van der Waals surface area contributed by atoms with Gasteiger partial charge in [-0.1, -0.05) is 48.0 Å². The van der Waals surface area contributed by atoms with Crippen molar-refractivity contribution in [2.75, 3.05) is 16.6 Å². The van der Waals surface area contributed by atoms with Gasteiger partial charge in [-0.3, -0.25) is 4.57 Å². The molecule has 6 nitrogen and oxygen atoms in total. The summed E-state index contributed by atoms with van der Waals surface area (Å²) in [7, 11) is 0. The van der Waals surface area contributed by atoms with Crippen molar-refractivity contribution in [1.29, 1.82) is 0 Å². The van der Waals surface area contributed by atoms with Gasteiger partial charge in [0.25, 0.3) is 0 Å². The number of aromatic nitrogens is 2. The Morgan fingerprint density at radius 1 is 0.684 bits per heavy atom. The Hall–Kier alpha value is -5.10. The van der Waals surface area contributed by atoms with Crippen molar-refractivity contribution in [2.24, 2.45) is 5.10 Å². The lowest BCUT2D eigenvalue weighted by molar-refractivity contribution is 0.483. The number of anilines is 2. The summed E-state index contributed by atoms with van der Waals surface area (Å²) in [6.45, 7) is 2.73. The summed E-state index contributed by atoms with van der Waals surface area (Å²) in [5, 5.41) is 8.93. The van der Waals surface area contributed by atoms with Gasteiger partial charge >= 0.3 is 0 Å². The second kappa shape index (κ2) is 9.09. The molecule has 0 fully saturated rings. The highest BCUT2D eigenvalue weighted by atomic mass is 16.5. The number of aryl methyl sites for hydroxylation is 1. The minimum Gasteiger partial charge on any atom is -0.457 e. The van der Waals surface area contributed by atoms with E-state index in [9.17, 15) is 0 Å². The van der Waals surface area contributed by atoms with Crippen LogP contribution < -0.4 is 14.6 Å². The Bertz CT molecular complexity index is 1790. The van der Waals surface area contributed by atoms with Gasteiger partial charge < -0.3 is 9.64 Å². The zero-order chi connectivity index (χ0) is 25.5. The van der Waals surface area contributed by atoms with E-state index in [2.05, 4.69) is 87.1 Å². The Morgan fingerprint density at radius 2 is 1.50 bits per heavy atom. The highest BCUT2D eigenvalue weighted by molar-refractivity contribution is 6.09. The standard InChI is InChI=1S/C32H25N5O/c1-23-12-14-24(15-13-23)35-21-34-36(22-35)25-7-6-8-26(19-25)38-27-16-17-29-28-9-2-3-10-30(28)37(31(29)20-27)32-11-4-5-18-33-32/h2-21H,22H2,1H3. The molecule has 184 valence electrons. The van der Waals surface area contributed by atoms with E-state index >= 15 is 0 Å². The molecule has 6 heteroatoms. The lowest BCUT2D eigenvalue weighted by Gasteiger charge is -2.19. The van der Waals surface area contributed by atoms with Crippen LogP contribution in [0, 0.1) is 6.92 Å². The van der Waals surface area contributed by atoms with Gasteiger partial charge in [-0.05, 0) is 61.5 Å². The second-order valence-electron chi connectivity index (χ2n) is 9.40. The van der Waals surface area contributed by atoms with Crippen LogP contribution in [0.1, 0.15) is 5.56 Å². The monoisotopic (exact) mass is 495 g/mol. The normalized spacial score (nSPS) is 13.1. The molecule has 0 spiro atoms. The lowest BCUT2D eigenvalue weighted by Crippen LogP contribution is -2.26. The molecule has 0 radical (unpaired) electrons. The molecular weight excluding hydrogens is 470 g/mol. The topological polar surface area (TPSA) is 45.9 Å². The number of ether oxygens (including phenoxy) is 1. The van der Waals surface area contributed by atoms with Crippen molar-refractivity contribution >= 4 is 39.5 Å². The number of rotatable bonds is 5. The number of nitrogens with zero attached hydrogens (tertiary/aromatic N) is 5. The molecule has 38 heavy (non-hydrogen) atoms. The van der Waals surface area contributed by atoms with E-state index in [0.717, 1.165) is 45.1 Å². The quantitative estimate of drug-likeness (QED) is 0.248. The summed E-state index contributed by atoms with van der Waals surface area (Å²) in [5.74, 6) is 2.40. The smallest absolute Gasteiger partial charge is 0.137 e. The number of benzene rings is 4. The summed E-state index contributed by atoms with van der Waals surface area (Å²) in [4.78, 5) is 6.74. The van der Waals surface area contributed by atoms with Gasteiger partial charge in [-0.15, -0.1) is 0 Å². The van der Waals surface area contributed by atoms with Gasteiger partial charge in [0.2, 0.25) is 0 Å². The predicted molar refractivity (Wildman–Crippen MR) is 155 cm³/mol. The van der Waals surface area contributed by atoms with Gasteiger partial charge in [-0.25, -0.2) is 9.99 Å². The molecule has 0 saturated carbocycles. The molecule has 1 aliphatic heterocycles. The zero-order valence-corrected chi connectivity index (χ0v) is 20.9. The van der Waals surface area contributed by atoms with Gasteiger partial charge in [0.1, 0.15) is 30.3 Å². The van der Waals surface area contributed by atoms with Crippen molar-refractivity contribution in [2.45, 2.75) is 6.92 Å². The molecule has 0 N–H and O–H groups in total. The molecule has 7 rings (SSSR count). The average Bonchev–Trinajstić information content (AvgIpc) is 3.57. The minimum atomic E-state index is 0.642. The van der Waals surface area contributed by atoms with Gasteiger partial charge in [0.05, 0.1) is 16.7 Å². The van der Waals surface area contributed by atoms with Crippen LogP contribution in [0.5, 0.6) is 11.5 Å². The molecule has 0 aliphatic carbocycles. The Balaban J connectivity index is 1.19. The van der Waals surface area contributed by atoms with Gasteiger partial charge in [0.15, 0.2) is 0 Å². The lowest BCUT2D eigenvalue weighted by atomic mass is 10.1. The van der Waals surface area contributed by atoms with Crippen LogP contribution >= 0.6 is 0 Å². The van der Waals surface area contributed by atoms with Gasteiger partial charge in [0, 0.05) is 34.8 Å². The fourth-order valence-corrected chi connectivity index (χ4v) is 4.97. The number of hydrogen-bond donors (Lipinski definition) is 0. The molecular formula is C32H25N5O. The van der Waals surface area contributed by atoms with Crippen LogP contribution in [-0.2, 0) is 0 Å². The van der Waals surface area contributed by atoms with E-state index < -0.39 is 0 Å². The largest absolute Gasteiger partial charge is 0.457 e. The molecule has 0 bridgehead atoms. The second-order valence-corrected chi connectivity index (χ2v) is 9.40. The summed E-state index contributed by atoms with van der Waals surface area (Å²) in [6.07, 6.45) is 3.69. The predicted octanol–water partition coefficient (Wildman–Crippen LogP) is 7.51. The number of pyridine rings is 1. The third-order valence-electron chi connectivity index (χ3n) is 6.86. The summed E-state index contributed by atoms with van der Waals surface area (Å²) >= 11 is 0. The maximum absolute atomic E-state index is 6.37. The summed E-state index contributed by atoms with van der Waals surface area (Å²) < 4.78 is 8.56. The van der Waals surface area contributed by atoms with Crippen LogP contribution in [0.4, 0.5) is 11.4 Å². The SMILES string of the molecule is Cc1ccc(N2C=NN(c3cccc(Oc4ccc5c6ccccc6n(-c6ccccn6)c5c4)c3)C2)cc1. The molecule has 1 aliphatic rings. The molecule has 0 amide bonds. The van der Waals surface area contributed by atoms with Crippen LogP contribution in [0.25, 0.3) is 27.6 Å². The first-order chi connectivity index (χ1) is 18.7. The molecule has 0 unspecified atom stereocenters. The van der Waals surface area contributed by atoms with E-state index in [0.29, 0.717) is 6.67 Å². The summed E-state index contributed by atoms with van der Waals surface area (Å²) in [5.41, 5.74) is 5.50. The molecule has 0 atom stereocenters. The van der Waals surface area contributed by atoms with Crippen LogP contribution in [-0.4, -0.2) is 22.6 Å². The molecule has 3 heterocycles. The van der Waals surface area contributed by atoms with Crippen LogP contribution in [0.3, 0.4) is 0 Å². The fourth-order valence-electron chi connectivity index (χ4n) is 4.97.